The summed E-state index contributed by atoms with van der Waals surface area (Å²) in [7, 11) is 0. The Bertz CT molecular complexity index is 382. The summed E-state index contributed by atoms with van der Waals surface area (Å²) in [5, 5.41) is 6.55. The molecule has 0 aromatic heterocycles. The van der Waals surface area contributed by atoms with Gasteiger partial charge in [0.05, 0.1) is 5.69 Å². The third-order valence-corrected chi connectivity index (χ3v) is 2.33. The summed E-state index contributed by atoms with van der Waals surface area (Å²) in [5.74, 6) is 0.0658. The molecule has 0 aliphatic carbocycles. The molecule has 2 N–H and O–H groups in total. The molecule has 0 heterocycles. The highest BCUT2D eigenvalue weighted by Gasteiger charge is 2.04. The van der Waals surface area contributed by atoms with Gasteiger partial charge in [0.1, 0.15) is 5.82 Å². The molecule has 0 amide bonds. The van der Waals surface area contributed by atoms with Gasteiger partial charge in [0.2, 0.25) is 0 Å². The van der Waals surface area contributed by atoms with Gasteiger partial charge in [-0.25, -0.2) is 4.39 Å². The standard InChI is InChI=1S/C11H14ClFN2S/c1-7(2)6-14-11(16)15-10-4-3-8(12)5-9(10)13/h3-5,7H,6H2,1-2H3,(H2,14,15,16). The van der Waals surface area contributed by atoms with Crippen molar-refractivity contribution in [3.8, 4) is 0 Å². The van der Waals surface area contributed by atoms with Gasteiger partial charge in [-0.1, -0.05) is 25.4 Å². The number of thiocarbonyl (C=S) groups is 1. The molecule has 0 radical (unpaired) electrons. The van der Waals surface area contributed by atoms with E-state index in [1.165, 1.54) is 6.07 Å². The molecule has 1 aromatic rings. The minimum Gasteiger partial charge on any atom is -0.362 e. The first-order valence-electron chi connectivity index (χ1n) is 4.99. The second-order valence-electron chi connectivity index (χ2n) is 3.85. The summed E-state index contributed by atoms with van der Waals surface area (Å²) >= 11 is 10.7. The van der Waals surface area contributed by atoms with Crippen LogP contribution in [0.3, 0.4) is 0 Å². The van der Waals surface area contributed by atoms with Crippen LogP contribution in [0.15, 0.2) is 18.2 Å². The van der Waals surface area contributed by atoms with E-state index in [9.17, 15) is 4.39 Å². The molecule has 5 heteroatoms. The maximum Gasteiger partial charge on any atom is 0.170 e. The monoisotopic (exact) mass is 260 g/mol. The van der Waals surface area contributed by atoms with Crippen molar-refractivity contribution < 1.29 is 4.39 Å². The topological polar surface area (TPSA) is 24.1 Å². The lowest BCUT2D eigenvalue weighted by Gasteiger charge is -2.12. The lowest BCUT2D eigenvalue weighted by Crippen LogP contribution is -2.31. The van der Waals surface area contributed by atoms with Gasteiger partial charge in [-0.05, 0) is 36.3 Å². The maximum absolute atomic E-state index is 13.4. The number of anilines is 1. The van der Waals surface area contributed by atoms with Crippen LogP contribution in [0.4, 0.5) is 10.1 Å². The average Bonchev–Trinajstić information content (AvgIpc) is 2.19. The van der Waals surface area contributed by atoms with Crippen molar-refractivity contribution in [3.63, 3.8) is 0 Å². The van der Waals surface area contributed by atoms with Gasteiger partial charge < -0.3 is 10.6 Å². The first-order valence-corrected chi connectivity index (χ1v) is 5.77. The molecule has 1 rings (SSSR count). The van der Waals surface area contributed by atoms with Gasteiger partial charge in [-0.2, -0.15) is 0 Å². The summed E-state index contributed by atoms with van der Waals surface area (Å²) < 4.78 is 13.4. The van der Waals surface area contributed by atoms with E-state index < -0.39 is 5.82 Å². The van der Waals surface area contributed by atoms with Crippen molar-refractivity contribution >= 4 is 34.6 Å². The molecule has 0 aliphatic rings. The third-order valence-electron chi connectivity index (χ3n) is 1.85. The van der Waals surface area contributed by atoms with Gasteiger partial charge in [-0.15, -0.1) is 0 Å². The fourth-order valence-corrected chi connectivity index (χ4v) is 1.41. The predicted molar refractivity (Wildman–Crippen MR) is 70.5 cm³/mol. The molecular weight excluding hydrogens is 247 g/mol. The van der Waals surface area contributed by atoms with Crippen molar-refractivity contribution in [2.45, 2.75) is 13.8 Å². The highest BCUT2D eigenvalue weighted by atomic mass is 35.5. The largest absolute Gasteiger partial charge is 0.362 e. The zero-order valence-corrected chi connectivity index (χ0v) is 10.8. The van der Waals surface area contributed by atoms with E-state index in [0.717, 1.165) is 6.54 Å². The number of hydrogen-bond acceptors (Lipinski definition) is 1. The molecule has 0 saturated carbocycles. The molecule has 2 nitrogen and oxygen atoms in total. The Labute approximate surface area is 105 Å². The molecule has 16 heavy (non-hydrogen) atoms. The molecule has 0 spiro atoms. The molecule has 88 valence electrons. The summed E-state index contributed by atoms with van der Waals surface area (Å²) in [6.07, 6.45) is 0. The van der Waals surface area contributed by atoms with Gasteiger partial charge in [0.25, 0.3) is 0 Å². The minimum absolute atomic E-state index is 0.325. The van der Waals surface area contributed by atoms with Crippen LogP contribution in [0.2, 0.25) is 5.02 Å². The molecule has 0 bridgehead atoms. The first kappa shape index (κ1) is 13.2. The van der Waals surface area contributed by atoms with Crippen molar-refractivity contribution in [1.82, 2.24) is 5.32 Å². The summed E-state index contributed by atoms with van der Waals surface area (Å²) in [6.45, 7) is 4.89. The number of halogens is 2. The fourth-order valence-electron chi connectivity index (χ4n) is 1.05. The van der Waals surface area contributed by atoms with Crippen LogP contribution in [-0.2, 0) is 0 Å². The summed E-state index contributed by atoms with van der Waals surface area (Å²) in [5.41, 5.74) is 0.325. The first-order chi connectivity index (χ1) is 7.49. The highest BCUT2D eigenvalue weighted by Crippen LogP contribution is 2.18. The zero-order valence-electron chi connectivity index (χ0n) is 9.18. The van der Waals surface area contributed by atoms with Crippen LogP contribution < -0.4 is 10.6 Å². The highest BCUT2D eigenvalue weighted by molar-refractivity contribution is 7.80. The average molecular weight is 261 g/mol. The second kappa shape index (κ2) is 6.01. The predicted octanol–water partition coefficient (Wildman–Crippen LogP) is 3.42. The lowest BCUT2D eigenvalue weighted by molar-refractivity contribution is 0.624. The van der Waals surface area contributed by atoms with E-state index in [1.807, 2.05) is 0 Å². The number of nitrogens with one attached hydrogen (secondary N) is 2. The van der Waals surface area contributed by atoms with Crippen LogP contribution in [0.5, 0.6) is 0 Å². The van der Waals surface area contributed by atoms with Crippen LogP contribution in [0.25, 0.3) is 0 Å². The SMILES string of the molecule is CC(C)CNC(=S)Nc1ccc(Cl)cc1F. The van der Waals surface area contributed by atoms with Crippen LogP contribution in [0.1, 0.15) is 13.8 Å². The molecular formula is C11H14ClFN2S. The molecule has 1 aromatic carbocycles. The quantitative estimate of drug-likeness (QED) is 0.815. The van der Waals surface area contributed by atoms with E-state index in [4.69, 9.17) is 23.8 Å². The Morgan fingerprint density at radius 2 is 2.19 bits per heavy atom. The molecule has 0 unspecified atom stereocenters. The van der Waals surface area contributed by atoms with Gasteiger partial charge in [-0.3, -0.25) is 0 Å². The van der Waals surface area contributed by atoms with Crippen LogP contribution >= 0.6 is 23.8 Å². The van der Waals surface area contributed by atoms with E-state index in [-0.39, 0.29) is 0 Å². The van der Waals surface area contributed by atoms with E-state index >= 15 is 0 Å². The van der Waals surface area contributed by atoms with E-state index in [2.05, 4.69) is 24.5 Å². The smallest absolute Gasteiger partial charge is 0.170 e. The molecule has 0 atom stereocenters. The van der Waals surface area contributed by atoms with Crippen LogP contribution in [-0.4, -0.2) is 11.7 Å². The molecule has 0 aliphatic heterocycles. The number of rotatable bonds is 3. The van der Waals surface area contributed by atoms with Gasteiger partial charge in [0.15, 0.2) is 5.11 Å². The molecule has 0 saturated heterocycles. The second-order valence-corrected chi connectivity index (χ2v) is 4.70. The third kappa shape index (κ3) is 4.33. The van der Waals surface area contributed by atoms with Crippen LogP contribution in [0, 0.1) is 11.7 Å². The van der Waals surface area contributed by atoms with Crippen molar-refractivity contribution in [2.24, 2.45) is 5.92 Å². The zero-order chi connectivity index (χ0) is 12.1. The van der Waals surface area contributed by atoms with Crippen molar-refractivity contribution in [1.29, 1.82) is 0 Å². The lowest BCUT2D eigenvalue weighted by atomic mass is 10.2. The molecule has 0 fully saturated rings. The fraction of sp³-hybridized carbons (Fsp3) is 0.364. The Balaban J connectivity index is 2.56. The number of benzene rings is 1. The Kier molecular flexibility index (Phi) is 4.96. The van der Waals surface area contributed by atoms with E-state index in [0.29, 0.717) is 21.7 Å². The minimum atomic E-state index is -0.416. The Morgan fingerprint density at radius 3 is 2.75 bits per heavy atom. The normalized spacial score (nSPS) is 10.3. The van der Waals surface area contributed by atoms with Gasteiger partial charge >= 0.3 is 0 Å². The Morgan fingerprint density at radius 1 is 1.50 bits per heavy atom. The Hall–Kier alpha value is -0.870. The number of hydrogen-bond donors (Lipinski definition) is 2. The van der Waals surface area contributed by atoms with Gasteiger partial charge in [0, 0.05) is 11.6 Å². The summed E-state index contributed by atoms with van der Waals surface area (Å²) in [4.78, 5) is 0. The van der Waals surface area contributed by atoms with Crippen molar-refractivity contribution in [3.05, 3.63) is 29.0 Å². The van der Waals surface area contributed by atoms with E-state index in [1.54, 1.807) is 12.1 Å². The summed E-state index contributed by atoms with van der Waals surface area (Å²) in [6, 6.07) is 4.41. The van der Waals surface area contributed by atoms with Crippen molar-refractivity contribution in [2.75, 3.05) is 11.9 Å². The maximum atomic E-state index is 13.4.